The fourth-order valence-electron chi connectivity index (χ4n) is 4.22. The lowest BCUT2D eigenvalue weighted by atomic mass is 10.0. The third kappa shape index (κ3) is 8.70. The number of aromatic hydroxyl groups is 1. The molecular formula is C27H35N3O7S. The van der Waals surface area contributed by atoms with Crippen LogP contribution in [-0.4, -0.2) is 73.6 Å². The molecule has 0 radical (unpaired) electrons. The number of benzene rings is 2. The number of carbonyl (C=O) groups is 1. The number of amides is 1. The van der Waals surface area contributed by atoms with Gasteiger partial charge in [-0.25, -0.2) is 13.2 Å². The van der Waals surface area contributed by atoms with Crippen molar-refractivity contribution in [3.8, 4) is 11.8 Å². The van der Waals surface area contributed by atoms with Gasteiger partial charge in [-0.15, -0.1) is 0 Å². The molecule has 0 aromatic heterocycles. The van der Waals surface area contributed by atoms with Crippen molar-refractivity contribution in [1.29, 1.82) is 5.26 Å². The lowest BCUT2D eigenvalue weighted by Gasteiger charge is -2.31. The standard InChI is InChI=1S/C27H35N3O7S/c1-20(6-5-14-28)17-30(38(34,35)24-11-9-22(31)10-12-24)18-26(32)25(16-21-7-3-2-4-8-21)29-27(33)37-23-13-15-36-19-23/h2-4,7-12,20,23,25-26,31-32H,5-6,13,15-19H2,1H3,(H,29,33)/t20?,23?,25-,26+/m0/s1. The largest absolute Gasteiger partial charge is 0.508 e. The number of hydrogen-bond acceptors (Lipinski definition) is 8. The Hall–Kier alpha value is -3.17. The quantitative estimate of drug-likeness (QED) is 0.348. The lowest BCUT2D eigenvalue weighted by Crippen LogP contribution is -2.51. The summed E-state index contributed by atoms with van der Waals surface area (Å²) in [5, 5.41) is 32.6. The van der Waals surface area contributed by atoms with E-state index in [1.54, 1.807) is 0 Å². The molecule has 206 valence electrons. The minimum Gasteiger partial charge on any atom is -0.508 e. The molecule has 2 aromatic carbocycles. The van der Waals surface area contributed by atoms with Crippen LogP contribution in [0.3, 0.4) is 0 Å². The van der Waals surface area contributed by atoms with Crippen LogP contribution in [0.4, 0.5) is 4.79 Å². The molecular weight excluding hydrogens is 510 g/mol. The Kier molecular flexibility index (Phi) is 10.9. The summed E-state index contributed by atoms with van der Waals surface area (Å²) < 4.78 is 39.0. The second kappa shape index (κ2) is 14.1. The molecule has 10 nitrogen and oxygen atoms in total. The van der Waals surface area contributed by atoms with Crippen molar-refractivity contribution in [3.63, 3.8) is 0 Å². The van der Waals surface area contributed by atoms with Crippen LogP contribution < -0.4 is 5.32 Å². The Bertz CT molecular complexity index is 1160. The van der Waals surface area contributed by atoms with E-state index < -0.39 is 28.3 Å². The van der Waals surface area contributed by atoms with E-state index in [0.29, 0.717) is 26.1 Å². The Morgan fingerprint density at radius 1 is 1.21 bits per heavy atom. The van der Waals surface area contributed by atoms with E-state index in [0.717, 1.165) is 5.56 Å². The van der Waals surface area contributed by atoms with Crippen LogP contribution in [-0.2, 0) is 25.9 Å². The van der Waals surface area contributed by atoms with E-state index >= 15 is 0 Å². The molecule has 4 atom stereocenters. The van der Waals surface area contributed by atoms with Gasteiger partial charge in [-0.2, -0.15) is 9.57 Å². The zero-order valence-corrected chi connectivity index (χ0v) is 22.2. The average molecular weight is 546 g/mol. The molecule has 2 aromatic rings. The van der Waals surface area contributed by atoms with Gasteiger partial charge in [0, 0.05) is 25.9 Å². The summed E-state index contributed by atoms with van der Waals surface area (Å²) in [5.74, 6) is -0.238. The fourth-order valence-corrected chi connectivity index (χ4v) is 5.80. The maximum Gasteiger partial charge on any atom is 0.407 e. The number of phenolic OH excluding ortho intramolecular Hbond substituents is 1. The SMILES string of the molecule is CC(CCC#N)CN(C[C@@H](O)[C@H](Cc1ccccc1)NC(=O)OC1CCOC1)S(=O)(=O)c1ccc(O)cc1. The molecule has 1 amide bonds. The van der Waals surface area contributed by atoms with Gasteiger partial charge < -0.3 is 25.0 Å². The normalized spacial score (nSPS) is 17.9. The van der Waals surface area contributed by atoms with Crippen molar-refractivity contribution >= 4 is 16.1 Å². The molecule has 2 unspecified atom stereocenters. The van der Waals surface area contributed by atoms with Crippen LogP contribution in [0.25, 0.3) is 0 Å². The van der Waals surface area contributed by atoms with E-state index in [9.17, 15) is 23.4 Å². The third-order valence-corrected chi connectivity index (χ3v) is 8.20. The van der Waals surface area contributed by atoms with Crippen LogP contribution in [0.15, 0.2) is 59.5 Å². The van der Waals surface area contributed by atoms with E-state index in [-0.39, 0.29) is 48.6 Å². The molecule has 3 rings (SSSR count). The second-order valence-corrected chi connectivity index (χ2v) is 11.5. The maximum atomic E-state index is 13.6. The molecule has 1 heterocycles. The lowest BCUT2D eigenvalue weighted by molar-refractivity contribution is 0.0642. The summed E-state index contributed by atoms with van der Waals surface area (Å²) in [7, 11) is -4.07. The number of hydrogen-bond donors (Lipinski definition) is 3. The monoisotopic (exact) mass is 545 g/mol. The first-order valence-corrected chi connectivity index (χ1v) is 14.1. The smallest absolute Gasteiger partial charge is 0.407 e. The van der Waals surface area contributed by atoms with Crippen molar-refractivity contribution < 1.29 is 32.9 Å². The Morgan fingerprint density at radius 3 is 2.55 bits per heavy atom. The van der Waals surface area contributed by atoms with Crippen molar-refractivity contribution in [3.05, 3.63) is 60.2 Å². The molecule has 0 bridgehead atoms. The summed E-state index contributed by atoms with van der Waals surface area (Å²) in [5.41, 5.74) is 0.844. The molecule has 1 aliphatic heterocycles. The van der Waals surface area contributed by atoms with Gasteiger partial charge in [0.15, 0.2) is 0 Å². The first-order valence-electron chi connectivity index (χ1n) is 12.6. The van der Waals surface area contributed by atoms with Crippen LogP contribution in [0.5, 0.6) is 5.75 Å². The van der Waals surface area contributed by atoms with Crippen LogP contribution in [0.2, 0.25) is 0 Å². The summed E-state index contributed by atoms with van der Waals surface area (Å²) in [6.45, 7) is 2.40. The molecule has 11 heteroatoms. The number of aliphatic hydroxyl groups is 1. The first-order chi connectivity index (χ1) is 18.2. The van der Waals surface area contributed by atoms with Gasteiger partial charge in [0.2, 0.25) is 10.0 Å². The zero-order valence-electron chi connectivity index (χ0n) is 21.4. The van der Waals surface area contributed by atoms with Crippen molar-refractivity contribution in [2.24, 2.45) is 5.92 Å². The highest BCUT2D eigenvalue weighted by Gasteiger charge is 2.32. The molecule has 0 saturated carbocycles. The number of phenols is 1. The van der Waals surface area contributed by atoms with Gasteiger partial charge in [0.05, 0.1) is 36.3 Å². The van der Waals surface area contributed by atoms with Crippen molar-refractivity contribution in [1.82, 2.24) is 9.62 Å². The number of nitrogens with zero attached hydrogens (tertiary/aromatic N) is 2. The minimum atomic E-state index is -4.07. The van der Waals surface area contributed by atoms with E-state index in [4.69, 9.17) is 14.7 Å². The van der Waals surface area contributed by atoms with Gasteiger partial charge in [0.1, 0.15) is 11.9 Å². The Morgan fingerprint density at radius 2 is 1.92 bits per heavy atom. The van der Waals surface area contributed by atoms with E-state index in [1.165, 1.54) is 28.6 Å². The molecule has 1 fully saturated rings. The number of nitrogens with one attached hydrogen (secondary N) is 1. The number of nitriles is 1. The molecule has 3 N–H and O–H groups in total. The van der Waals surface area contributed by atoms with Crippen molar-refractivity contribution in [2.75, 3.05) is 26.3 Å². The van der Waals surface area contributed by atoms with Crippen molar-refractivity contribution in [2.45, 2.75) is 55.8 Å². The zero-order chi connectivity index (χ0) is 27.5. The number of alkyl carbamates (subject to hydrolysis) is 1. The van der Waals surface area contributed by atoms with Gasteiger partial charge >= 0.3 is 6.09 Å². The van der Waals surface area contributed by atoms with Gasteiger partial charge in [-0.05, 0) is 48.6 Å². The summed E-state index contributed by atoms with van der Waals surface area (Å²) in [6.07, 6.45) is -0.791. The number of carbonyl (C=O) groups excluding carboxylic acids is 1. The number of ether oxygens (including phenoxy) is 2. The highest BCUT2D eigenvalue weighted by Crippen LogP contribution is 2.22. The number of aliphatic hydroxyl groups excluding tert-OH is 1. The predicted octanol–water partition coefficient (Wildman–Crippen LogP) is 2.81. The van der Waals surface area contributed by atoms with E-state index in [2.05, 4.69) is 11.4 Å². The van der Waals surface area contributed by atoms with Gasteiger partial charge in [-0.1, -0.05) is 37.3 Å². The predicted molar refractivity (Wildman–Crippen MR) is 140 cm³/mol. The maximum absolute atomic E-state index is 13.6. The topological polar surface area (TPSA) is 149 Å². The fraction of sp³-hybridized carbons (Fsp3) is 0.481. The number of rotatable bonds is 13. The highest BCUT2D eigenvalue weighted by molar-refractivity contribution is 7.89. The molecule has 0 spiro atoms. The molecule has 1 aliphatic rings. The minimum absolute atomic E-state index is 0.0387. The Balaban J connectivity index is 1.83. The summed E-state index contributed by atoms with van der Waals surface area (Å²) in [6, 6.07) is 15.6. The van der Waals surface area contributed by atoms with Gasteiger partial charge in [0.25, 0.3) is 0 Å². The van der Waals surface area contributed by atoms with Crippen LogP contribution in [0.1, 0.15) is 31.7 Å². The third-order valence-electron chi connectivity index (χ3n) is 6.36. The van der Waals surface area contributed by atoms with Gasteiger partial charge in [-0.3, -0.25) is 0 Å². The van der Waals surface area contributed by atoms with Crippen LogP contribution in [0, 0.1) is 17.2 Å². The Labute approximate surface area is 223 Å². The molecule has 1 saturated heterocycles. The first kappa shape index (κ1) is 29.4. The van der Waals surface area contributed by atoms with Crippen LogP contribution >= 0.6 is 0 Å². The average Bonchev–Trinajstić information content (AvgIpc) is 3.40. The number of sulfonamides is 1. The van der Waals surface area contributed by atoms with E-state index in [1.807, 2.05) is 37.3 Å². The molecule has 38 heavy (non-hydrogen) atoms. The molecule has 0 aliphatic carbocycles. The summed E-state index contributed by atoms with van der Waals surface area (Å²) in [4.78, 5) is 12.6. The second-order valence-electron chi connectivity index (χ2n) is 9.52. The highest BCUT2D eigenvalue weighted by atomic mass is 32.2. The summed E-state index contributed by atoms with van der Waals surface area (Å²) >= 11 is 0.